The maximum absolute atomic E-state index is 13.8. The molecule has 3 saturated carbocycles. The molecule has 4 aliphatic rings. The van der Waals surface area contributed by atoms with Crippen LogP contribution in [0.3, 0.4) is 0 Å². The van der Waals surface area contributed by atoms with Gasteiger partial charge in [-0.25, -0.2) is 0 Å². The number of unbranched alkanes of at least 4 members (excludes halogenated alkanes) is 2. The van der Waals surface area contributed by atoms with Crippen LogP contribution < -0.4 is 27.8 Å². The van der Waals surface area contributed by atoms with Gasteiger partial charge >= 0.3 is 7.12 Å². The number of hydrogen-bond acceptors (Lipinski definition) is 11. The molecule has 2 amide bonds. The molecule has 9 N–H and O–H groups in total. The smallest absolute Gasteiger partial charge is 0.405 e. The van der Waals surface area contributed by atoms with E-state index in [4.69, 9.17) is 26.5 Å². The highest BCUT2D eigenvalue weighted by Gasteiger charge is 2.68. The van der Waals surface area contributed by atoms with E-state index in [1.54, 1.807) is 25.1 Å². The lowest BCUT2D eigenvalue weighted by molar-refractivity contribution is -0.199. The highest BCUT2D eigenvalue weighted by Crippen LogP contribution is 2.66. The average molecular weight is 872 g/mol. The SMILES string of the molecule is CCCCc1ccc(-c2ccc(C(=O)C[C@@H](CCN)C(=O)N[C@H](C(=O)C[C@@H](C)C(=O)N[C@@H](CCCCN)C(=O)C[C@@H](C)B3OC4C[C@@H]5C[C@@H](C5(C)C)[C@]4(C)O3)C(C)O)cc2N)cc1. The number of nitrogen functional groups attached to an aromatic ring is 1. The Hall–Kier alpha value is -3.95. The van der Waals surface area contributed by atoms with Crippen LogP contribution in [0.15, 0.2) is 42.5 Å². The Bertz CT molecular complexity index is 1920. The van der Waals surface area contributed by atoms with Crippen LogP contribution in [0.4, 0.5) is 5.69 Å². The normalized spacial score (nSPS) is 23.9. The molecule has 3 aliphatic carbocycles. The van der Waals surface area contributed by atoms with Crippen molar-refractivity contribution in [3.63, 3.8) is 0 Å². The van der Waals surface area contributed by atoms with Gasteiger partial charge in [-0.1, -0.05) is 77.4 Å². The summed E-state index contributed by atoms with van der Waals surface area (Å²) >= 11 is 0. The van der Waals surface area contributed by atoms with E-state index in [9.17, 15) is 29.1 Å². The first-order valence-corrected chi connectivity index (χ1v) is 23.4. The number of aliphatic hydroxyl groups is 1. The minimum atomic E-state index is -1.34. The molecule has 63 heavy (non-hydrogen) atoms. The van der Waals surface area contributed by atoms with Crippen LogP contribution in [0.2, 0.25) is 5.82 Å². The molecule has 2 aromatic rings. The van der Waals surface area contributed by atoms with Crippen molar-refractivity contribution in [3.05, 3.63) is 53.6 Å². The van der Waals surface area contributed by atoms with Crippen molar-refractivity contribution in [3.8, 4) is 11.1 Å². The average Bonchev–Trinajstić information content (AvgIpc) is 3.61. The fourth-order valence-electron chi connectivity index (χ4n) is 10.2. The van der Waals surface area contributed by atoms with Crippen molar-refractivity contribution in [1.82, 2.24) is 10.6 Å². The molecule has 1 heterocycles. The standard InChI is InChI=1S/C49H74BN5O8/c1-8-9-12-32-14-16-33(17-15-32)37-19-18-34(25-38(37)53)40(57)26-35(20-22-52)47(61)55-45(31(4)56)42(59)23-29(2)46(60)54-39(13-10-11-21-51)41(58)24-30(3)50-62-44-28-36-27-43(48(36,5)6)49(44,7)63-50/h14-19,25,29-31,35-36,39,43-45,56H,8-13,20-24,26-28,51-53H2,1-7H3,(H,54,60)(H,55,61)/t29-,30-,31?,35-,36+,39+,43+,44?,45+,49+/m1/s1. The van der Waals surface area contributed by atoms with E-state index in [-0.39, 0.29) is 61.1 Å². The number of carbonyl (C=O) groups is 5. The second-order valence-electron chi connectivity index (χ2n) is 19.6. The molecule has 2 unspecified atom stereocenters. The van der Waals surface area contributed by atoms with Gasteiger partial charge in [-0.3, -0.25) is 24.0 Å². The lowest BCUT2D eigenvalue weighted by atomic mass is 9.43. The summed E-state index contributed by atoms with van der Waals surface area (Å²) in [6, 6.07) is 11.2. The molecule has 4 fully saturated rings. The zero-order valence-corrected chi connectivity index (χ0v) is 38.8. The zero-order chi connectivity index (χ0) is 46.2. The first-order valence-electron chi connectivity index (χ1n) is 23.4. The number of nitrogens with one attached hydrogen (secondary N) is 2. The summed E-state index contributed by atoms with van der Waals surface area (Å²) < 4.78 is 13.1. The van der Waals surface area contributed by atoms with Gasteiger partial charge in [0.1, 0.15) is 6.04 Å². The Kier molecular flexibility index (Phi) is 17.3. The maximum Gasteiger partial charge on any atom is 0.461 e. The maximum atomic E-state index is 13.8. The molecule has 0 spiro atoms. The third kappa shape index (κ3) is 11.9. The first kappa shape index (κ1) is 50.1. The highest BCUT2D eigenvalue weighted by atomic mass is 16.7. The van der Waals surface area contributed by atoms with Gasteiger partial charge in [-0.05, 0) is 119 Å². The molecule has 10 atom stereocenters. The summed E-state index contributed by atoms with van der Waals surface area (Å²) in [6.45, 7) is 14.4. The number of benzene rings is 2. The number of Topliss-reactive ketones (excluding diaryl/α,β-unsaturated/α-hetero) is 3. The molecule has 0 aromatic heterocycles. The van der Waals surface area contributed by atoms with Crippen molar-refractivity contribution in [2.45, 2.75) is 161 Å². The lowest BCUT2D eigenvalue weighted by Crippen LogP contribution is -2.65. The van der Waals surface area contributed by atoms with E-state index in [1.807, 2.05) is 19.1 Å². The second kappa shape index (κ2) is 21.8. The number of amides is 2. The van der Waals surface area contributed by atoms with Gasteiger partial charge in [-0.15, -0.1) is 0 Å². The van der Waals surface area contributed by atoms with E-state index in [1.165, 1.54) is 12.5 Å². The van der Waals surface area contributed by atoms with Crippen LogP contribution in [0.25, 0.3) is 11.1 Å². The molecule has 1 saturated heterocycles. The fraction of sp³-hybridized carbons (Fsp3) is 0.653. The Morgan fingerprint density at radius 3 is 2.19 bits per heavy atom. The minimum Gasteiger partial charge on any atom is -0.405 e. The van der Waals surface area contributed by atoms with Crippen molar-refractivity contribution in [1.29, 1.82) is 0 Å². The van der Waals surface area contributed by atoms with E-state index >= 15 is 0 Å². The molecule has 2 aromatic carbocycles. The van der Waals surface area contributed by atoms with Gasteiger partial charge in [0.05, 0.1) is 23.9 Å². The van der Waals surface area contributed by atoms with Crippen LogP contribution in [-0.2, 0) is 34.9 Å². The van der Waals surface area contributed by atoms with E-state index in [0.717, 1.165) is 43.2 Å². The zero-order valence-electron chi connectivity index (χ0n) is 38.8. The predicted octanol–water partition coefficient (Wildman–Crippen LogP) is 5.97. The summed E-state index contributed by atoms with van der Waals surface area (Å²) in [7, 11) is -0.527. The third-order valence-corrected chi connectivity index (χ3v) is 14.5. The van der Waals surface area contributed by atoms with Crippen LogP contribution in [-0.4, -0.2) is 84.4 Å². The Balaban J connectivity index is 1.16. The van der Waals surface area contributed by atoms with E-state index < -0.39 is 60.3 Å². The molecule has 6 rings (SSSR count). The number of aliphatic hydroxyl groups excluding tert-OH is 1. The van der Waals surface area contributed by atoms with Crippen molar-refractivity contribution in [2.24, 2.45) is 40.6 Å². The van der Waals surface area contributed by atoms with Crippen LogP contribution in [0.5, 0.6) is 0 Å². The molecular formula is C49H74BN5O8. The predicted molar refractivity (Wildman–Crippen MR) is 247 cm³/mol. The van der Waals surface area contributed by atoms with Crippen LogP contribution in [0, 0.1) is 29.1 Å². The fourth-order valence-corrected chi connectivity index (χ4v) is 10.2. The minimum absolute atomic E-state index is 0.00746. The van der Waals surface area contributed by atoms with Crippen molar-refractivity contribution >= 4 is 42.0 Å². The number of anilines is 1. The molecule has 13 nitrogen and oxygen atoms in total. The number of carbonyl (C=O) groups excluding carboxylic acids is 5. The lowest BCUT2D eigenvalue weighted by Gasteiger charge is -2.64. The molecule has 14 heteroatoms. The molecule has 1 aliphatic heterocycles. The van der Waals surface area contributed by atoms with Gasteiger partial charge in [-0.2, -0.15) is 0 Å². The summed E-state index contributed by atoms with van der Waals surface area (Å²) in [5.74, 6) is -3.15. The number of ketones is 3. The Labute approximate surface area is 375 Å². The largest absolute Gasteiger partial charge is 0.461 e. The van der Waals surface area contributed by atoms with Gasteiger partial charge in [0, 0.05) is 47.9 Å². The summed E-state index contributed by atoms with van der Waals surface area (Å²) in [5, 5.41) is 16.2. The van der Waals surface area contributed by atoms with Gasteiger partial charge < -0.3 is 42.2 Å². The number of nitrogens with two attached hydrogens (primary N) is 3. The Morgan fingerprint density at radius 2 is 1.57 bits per heavy atom. The Morgan fingerprint density at radius 1 is 0.857 bits per heavy atom. The highest BCUT2D eigenvalue weighted by molar-refractivity contribution is 6.47. The molecule has 0 radical (unpaired) electrons. The topological polar surface area (TPSA) is 226 Å². The monoisotopic (exact) mass is 872 g/mol. The first-order chi connectivity index (χ1) is 29.8. The number of rotatable bonds is 25. The van der Waals surface area contributed by atoms with Gasteiger partial charge in [0.2, 0.25) is 11.8 Å². The van der Waals surface area contributed by atoms with Gasteiger partial charge in [0.15, 0.2) is 17.3 Å². The quantitative estimate of drug-likeness (QED) is 0.0295. The third-order valence-electron chi connectivity index (χ3n) is 14.5. The van der Waals surface area contributed by atoms with E-state index in [0.29, 0.717) is 48.9 Å². The second-order valence-corrected chi connectivity index (χ2v) is 19.6. The van der Waals surface area contributed by atoms with E-state index in [2.05, 4.69) is 50.5 Å². The van der Waals surface area contributed by atoms with Crippen molar-refractivity contribution < 1.29 is 38.4 Å². The number of aryl methyl sites for hydroxylation is 1. The number of hydrogen-bond donors (Lipinski definition) is 6. The van der Waals surface area contributed by atoms with Crippen LogP contribution in [0.1, 0.15) is 135 Å². The molecular weight excluding hydrogens is 797 g/mol. The molecule has 346 valence electrons. The summed E-state index contributed by atoms with van der Waals surface area (Å²) in [6.07, 6.45) is 5.49. The summed E-state index contributed by atoms with van der Waals surface area (Å²) in [4.78, 5) is 68.3. The van der Waals surface area contributed by atoms with Crippen molar-refractivity contribution in [2.75, 3.05) is 18.8 Å². The molecule has 2 bridgehead atoms. The van der Waals surface area contributed by atoms with Gasteiger partial charge in [0.25, 0.3) is 0 Å². The summed E-state index contributed by atoms with van der Waals surface area (Å²) in [5.41, 5.74) is 21.6. The van der Waals surface area contributed by atoms with Crippen LogP contribution >= 0.6 is 0 Å².